The van der Waals surface area contributed by atoms with Gasteiger partial charge in [0.05, 0.1) is 18.5 Å². The van der Waals surface area contributed by atoms with E-state index in [1.807, 2.05) is 44.3 Å². The van der Waals surface area contributed by atoms with Crippen LogP contribution in [0, 0.1) is 13.8 Å². The number of rotatable bonds is 7. The van der Waals surface area contributed by atoms with E-state index < -0.39 is 0 Å². The Hall–Kier alpha value is -3.16. The van der Waals surface area contributed by atoms with E-state index in [9.17, 15) is 4.79 Å². The standard InChI is InChI=1S/C18H22N6O2/c1-13-17(18(25)20-8-5-10-23-11-9-19-14(23)2)21-22-24(13)15-6-4-7-16(12-15)26-3/h4,6-7,9,11-12H,5,8,10H2,1-3H3,(H,20,25). The first kappa shape index (κ1) is 17.7. The largest absolute Gasteiger partial charge is 0.497 e. The van der Waals surface area contributed by atoms with Crippen LogP contribution in [0.1, 0.15) is 28.4 Å². The fourth-order valence-electron chi connectivity index (χ4n) is 2.70. The molecule has 0 aliphatic rings. The second-order valence-corrected chi connectivity index (χ2v) is 5.91. The number of carbonyl (C=O) groups is 1. The monoisotopic (exact) mass is 354 g/mol. The molecule has 136 valence electrons. The van der Waals surface area contributed by atoms with Gasteiger partial charge in [-0.2, -0.15) is 0 Å². The van der Waals surface area contributed by atoms with Crippen LogP contribution in [0.4, 0.5) is 0 Å². The number of methoxy groups -OCH3 is 1. The molecule has 26 heavy (non-hydrogen) atoms. The van der Waals surface area contributed by atoms with Crippen molar-refractivity contribution in [3.05, 3.63) is 53.9 Å². The van der Waals surface area contributed by atoms with E-state index in [0.717, 1.165) is 30.2 Å². The molecule has 0 saturated carbocycles. The number of amides is 1. The van der Waals surface area contributed by atoms with Crippen LogP contribution in [-0.2, 0) is 6.54 Å². The number of hydrogen-bond acceptors (Lipinski definition) is 5. The zero-order valence-corrected chi connectivity index (χ0v) is 15.1. The fraction of sp³-hybridized carbons (Fsp3) is 0.333. The Balaban J connectivity index is 1.61. The Kier molecular flexibility index (Phi) is 5.31. The molecule has 1 N–H and O–H groups in total. The minimum Gasteiger partial charge on any atom is -0.497 e. The molecule has 0 aliphatic carbocycles. The van der Waals surface area contributed by atoms with E-state index in [0.29, 0.717) is 17.9 Å². The van der Waals surface area contributed by atoms with E-state index in [2.05, 4.69) is 25.2 Å². The van der Waals surface area contributed by atoms with Crippen molar-refractivity contribution < 1.29 is 9.53 Å². The second-order valence-electron chi connectivity index (χ2n) is 5.91. The molecule has 2 heterocycles. The predicted molar refractivity (Wildman–Crippen MR) is 96.6 cm³/mol. The van der Waals surface area contributed by atoms with Crippen molar-refractivity contribution in [3.8, 4) is 11.4 Å². The smallest absolute Gasteiger partial charge is 0.273 e. The Morgan fingerprint density at radius 3 is 2.88 bits per heavy atom. The summed E-state index contributed by atoms with van der Waals surface area (Å²) in [4.78, 5) is 16.6. The Bertz CT molecular complexity index is 899. The molecule has 1 aromatic carbocycles. The minimum atomic E-state index is -0.223. The summed E-state index contributed by atoms with van der Waals surface area (Å²) in [7, 11) is 1.61. The predicted octanol–water partition coefficient (Wildman–Crippen LogP) is 1.91. The lowest BCUT2D eigenvalue weighted by Gasteiger charge is -2.07. The molecule has 0 unspecified atom stereocenters. The van der Waals surface area contributed by atoms with Crippen molar-refractivity contribution in [1.29, 1.82) is 0 Å². The molecule has 0 radical (unpaired) electrons. The summed E-state index contributed by atoms with van der Waals surface area (Å²) in [5.74, 6) is 1.46. The molecule has 1 amide bonds. The maximum Gasteiger partial charge on any atom is 0.273 e. The number of ether oxygens (including phenoxy) is 1. The Morgan fingerprint density at radius 2 is 2.15 bits per heavy atom. The van der Waals surface area contributed by atoms with Gasteiger partial charge in [0, 0.05) is 31.5 Å². The Labute approximate surface area is 151 Å². The number of nitrogens with one attached hydrogen (secondary N) is 1. The van der Waals surface area contributed by atoms with Crippen LogP contribution in [0.15, 0.2) is 36.7 Å². The van der Waals surface area contributed by atoms with Gasteiger partial charge in [-0.25, -0.2) is 9.67 Å². The molecular weight excluding hydrogens is 332 g/mol. The number of aryl methyl sites for hydroxylation is 2. The van der Waals surface area contributed by atoms with Crippen molar-refractivity contribution >= 4 is 5.91 Å². The topological polar surface area (TPSA) is 86.9 Å². The van der Waals surface area contributed by atoms with Crippen molar-refractivity contribution in [2.75, 3.05) is 13.7 Å². The highest BCUT2D eigenvalue weighted by atomic mass is 16.5. The number of nitrogens with zero attached hydrogens (tertiary/aromatic N) is 5. The third-order valence-electron chi connectivity index (χ3n) is 4.19. The number of imidazole rings is 1. The lowest BCUT2D eigenvalue weighted by Crippen LogP contribution is -2.26. The molecular formula is C18H22N6O2. The highest BCUT2D eigenvalue weighted by molar-refractivity contribution is 5.93. The van der Waals surface area contributed by atoms with E-state index in [1.165, 1.54) is 0 Å². The molecule has 0 bridgehead atoms. The summed E-state index contributed by atoms with van der Waals surface area (Å²) < 4.78 is 8.91. The van der Waals surface area contributed by atoms with Gasteiger partial charge in [0.25, 0.3) is 5.91 Å². The van der Waals surface area contributed by atoms with Gasteiger partial charge in [0.1, 0.15) is 11.6 Å². The SMILES string of the molecule is COc1cccc(-n2nnc(C(=O)NCCCn3ccnc3C)c2C)c1. The van der Waals surface area contributed by atoms with Gasteiger partial charge in [0.15, 0.2) is 5.69 Å². The first-order valence-corrected chi connectivity index (χ1v) is 8.43. The Morgan fingerprint density at radius 1 is 1.31 bits per heavy atom. The number of hydrogen-bond donors (Lipinski definition) is 1. The van der Waals surface area contributed by atoms with Gasteiger partial charge in [0.2, 0.25) is 0 Å². The molecule has 3 aromatic rings. The molecule has 3 rings (SSSR count). The van der Waals surface area contributed by atoms with Crippen LogP contribution < -0.4 is 10.1 Å². The first-order valence-electron chi connectivity index (χ1n) is 8.43. The zero-order valence-electron chi connectivity index (χ0n) is 15.1. The summed E-state index contributed by atoms with van der Waals surface area (Å²) >= 11 is 0. The molecule has 2 aromatic heterocycles. The van der Waals surface area contributed by atoms with E-state index in [4.69, 9.17) is 4.74 Å². The van der Waals surface area contributed by atoms with Crippen LogP contribution in [-0.4, -0.2) is 44.1 Å². The van der Waals surface area contributed by atoms with Gasteiger partial charge in [-0.05, 0) is 32.4 Å². The molecule has 8 heteroatoms. The molecule has 0 atom stereocenters. The van der Waals surface area contributed by atoms with Gasteiger partial charge in [-0.15, -0.1) is 5.10 Å². The number of carbonyl (C=O) groups excluding carboxylic acids is 1. The lowest BCUT2D eigenvalue weighted by molar-refractivity contribution is 0.0947. The van der Waals surface area contributed by atoms with Crippen LogP contribution >= 0.6 is 0 Å². The molecule has 0 aliphatic heterocycles. The first-order chi connectivity index (χ1) is 12.6. The third-order valence-corrected chi connectivity index (χ3v) is 4.19. The summed E-state index contributed by atoms with van der Waals surface area (Å²) in [6.07, 6.45) is 4.52. The van der Waals surface area contributed by atoms with Gasteiger partial charge >= 0.3 is 0 Å². The van der Waals surface area contributed by atoms with Crippen molar-refractivity contribution in [3.63, 3.8) is 0 Å². The van der Waals surface area contributed by atoms with Crippen molar-refractivity contribution in [1.82, 2.24) is 29.9 Å². The minimum absolute atomic E-state index is 0.223. The van der Waals surface area contributed by atoms with Gasteiger partial charge in [-0.3, -0.25) is 4.79 Å². The fourth-order valence-corrected chi connectivity index (χ4v) is 2.70. The molecule has 0 spiro atoms. The molecule has 8 nitrogen and oxygen atoms in total. The van der Waals surface area contributed by atoms with Crippen LogP contribution in [0.5, 0.6) is 5.75 Å². The summed E-state index contributed by atoms with van der Waals surface area (Å²) in [5, 5.41) is 11.0. The molecule has 0 fully saturated rings. The van der Waals surface area contributed by atoms with E-state index >= 15 is 0 Å². The van der Waals surface area contributed by atoms with E-state index in [1.54, 1.807) is 18.0 Å². The van der Waals surface area contributed by atoms with Gasteiger partial charge < -0.3 is 14.6 Å². The quantitative estimate of drug-likeness (QED) is 0.655. The van der Waals surface area contributed by atoms with Crippen molar-refractivity contribution in [2.24, 2.45) is 0 Å². The maximum absolute atomic E-state index is 12.4. The van der Waals surface area contributed by atoms with Crippen LogP contribution in [0.3, 0.4) is 0 Å². The summed E-state index contributed by atoms with van der Waals surface area (Å²) in [5.41, 5.74) is 1.80. The average Bonchev–Trinajstić information content (AvgIpc) is 3.24. The zero-order chi connectivity index (χ0) is 18.5. The highest BCUT2D eigenvalue weighted by Gasteiger charge is 2.17. The van der Waals surface area contributed by atoms with E-state index in [-0.39, 0.29) is 5.91 Å². The highest BCUT2D eigenvalue weighted by Crippen LogP contribution is 2.18. The van der Waals surface area contributed by atoms with Gasteiger partial charge in [-0.1, -0.05) is 11.3 Å². The second kappa shape index (κ2) is 7.81. The summed E-state index contributed by atoms with van der Waals surface area (Å²) in [6, 6.07) is 7.45. The normalized spacial score (nSPS) is 10.7. The van der Waals surface area contributed by atoms with Crippen LogP contribution in [0.25, 0.3) is 5.69 Å². The van der Waals surface area contributed by atoms with Crippen LogP contribution in [0.2, 0.25) is 0 Å². The number of benzene rings is 1. The lowest BCUT2D eigenvalue weighted by atomic mass is 10.2. The van der Waals surface area contributed by atoms with Crippen molar-refractivity contribution in [2.45, 2.75) is 26.8 Å². The molecule has 0 saturated heterocycles. The summed E-state index contributed by atoms with van der Waals surface area (Å²) in [6.45, 7) is 5.14. The number of aromatic nitrogens is 5. The average molecular weight is 354 g/mol. The third kappa shape index (κ3) is 3.74. The maximum atomic E-state index is 12.4.